The van der Waals surface area contributed by atoms with Crippen LogP contribution in [-0.4, -0.2) is 22.1 Å². The first-order valence-corrected chi connectivity index (χ1v) is 4.25. The first kappa shape index (κ1) is 10.6. The SMILES string of the molecule is NC(CC(N)c1ccncc1)C(=O)O. The quantitative estimate of drug-likeness (QED) is 0.621. The smallest absolute Gasteiger partial charge is 0.320 e. The zero-order chi connectivity index (χ0) is 10.6. The molecule has 0 aliphatic heterocycles. The van der Waals surface area contributed by atoms with Crippen LogP contribution in [0.25, 0.3) is 0 Å². The molecular weight excluding hydrogens is 182 g/mol. The van der Waals surface area contributed by atoms with E-state index in [-0.39, 0.29) is 12.5 Å². The van der Waals surface area contributed by atoms with Crippen molar-refractivity contribution >= 4 is 5.97 Å². The Bertz CT molecular complexity index is 302. The van der Waals surface area contributed by atoms with Gasteiger partial charge in [0, 0.05) is 18.4 Å². The lowest BCUT2D eigenvalue weighted by Crippen LogP contribution is -2.33. The summed E-state index contributed by atoms with van der Waals surface area (Å²) in [4.78, 5) is 14.3. The Morgan fingerprint density at radius 1 is 1.43 bits per heavy atom. The average Bonchev–Trinajstić information content (AvgIpc) is 2.19. The van der Waals surface area contributed by atoms with Crippen molar-refractivity contribution in [3.8, 4) is 0 Å². The van der Waals surface area contributed by atoms with Crippen LogP contribution in [0.4, 0.5) is 0 Å². The maximum absolute atomic E-state index is 10.5. The third-order valence-electron chi connectivity index (χ3n) is 1.96. The van der Waals surface area contributed by atoms with Crippen LogP contribution in [0, 0.1) is 0 Å². The third-order valence-corrected chi connectivity index (χ3v) is 1.96. The molecule has 5 nitrogen and oxygen atoms in total. The number of pyridine rings is 1. The van der Waals surface area contributed by atoms with Gasteiger partial charge in [-0.05, 0) is 24.1 Å². The molecule has 76 valence electrons. The van der Waals surface area contributed by atoms with Crippen molar-refractivity contribution in [2.45, 2.75) is 18.5 Å². The molecule has 1 rings (SSSR count). The minimum absolute atomic E-state index is 0.222. The Kier molecular flexibility index (Phi) is 3.55. The molecule has 0 aliphatic rings. The van der Waals surface area contributed by atoms with E-state index >= 15 is 0 Å². The summed E-state index contributed by atoms with van der Waals surface area (Å²) in [7, 11) is 0. The summed E-state index contributed by atoms with van der Waals surface area (Å²) in [5, 5.41) is 8.58. The normalized spacial score (nSPS) is 14.7. The number of carbonyl (C=O) groups is 1. The molecule has 0 amide bonds. The van der Waals surface area contributed by atoms with Crippen LogP contribution in [0.2, 0.25) is 0 Å². The summed E-state index contributed by atoms with van der Waals surface area (Å²) < 4.78 is 0. The van der Waals surface area contributed by atoms with Gasteiger partial charge in [-0.3, -0.25) is 9.78 Å². The predicted molar refractivity (Wildman–Crippen MR) is 51.4 cm³/mol. The van der Waals surface area contributed by atoms with E-state index in [4.69, 9.17) is 16.6 Å². The van der Waals surface area contributed by atoms with Gasteiger partial charge in [-0.15, -0.1) is 0 Å². The highest BCUT2D eigenvalue weighted by molar-refractivity contribution is 5.73. The molecule has 0 bridgehead atoms. The fourth-order valence-electron chi connectivity index (χ4n) is 1.12. The van der Waals surface area contributed by atoms with Gasteiger partial charge in [0.25, 0.3) is 0 Å². The summed E-state index contributed by atoms with van der Waals surface area (Å²) in [5.74, 6) is -1.03. The van der Waals surface area contributed by atoms with E-state index in [0.717, 1.165) is 5.56 Å². The van der Waals surface area contributed by atoms with E-state index in [9.17, 15) is 4.79 Å². The molecule has 2 unspecified atom stereocenters. The third kappa shape index (κ3) is 2.79. The van der Waals surface area contributed by atoms with Crippen LogP contribution >= 0.6 is 0 Å². The largest absolute Gasteiger partial charge is 0.480 e. The van der Waals surface area contributed by atoms with E-state index in [1.165, 1.54) is 0 Å². The van der Waals surface area contributed by atoms with Gasteiger partial charge in [-0.25, -0.2) is 0 Å². The Balaban J connectivity index is 2.59. The molecule has 1 aromatic rings. The highest BCUT2D eigenvalue weighted by atomic mass is 16.4. The van der Waals surface area contributed by atoms with Crippen molar-refractivity contribution in [1.82, 2.24) is 4.98 Å². The maximum Gasteiger partial charge on any atom is 0.320 e. The Hall–Kier alpha value is -1.46. The van der Waals surface area contributed by atoms with Crippen LogP contribution < -0.4 is 11.5 Å². The first-order chi connectivity index (χ1) is 6.61. The van der Waals surface area contributed by atoms with Crippen LogP contribution in [0.3, 0.4) is 0 Å². The number of nitrogens with zero attached hydrogens (tertiary/aromatic N) is 1. The van der Waals surface area contributed by atoms with Crippen LogP contribution in [0.1, 0.15) is 18.0 Å². The summed E-state index contributed by atoms with van der Waals surface area (Å²) in [6.45, 7) is 0. The molecular formula is C9H13N3O2. The van der Waals surface area contributed by atoms with Gasteiger partial charge in [0.2, 0.25) is 0 Å². The minimum Gasteiger partial charge on any atom is -0.480 e. The molecule has 0 spiro atoms. The summed E-state index contributed by atoms with van der Waals surface area (Å²) in [6, 6.07) is 2.22. The zero-order valence-corrected chi connectivity index (χ0v) is 7.63. The van der Waals surface area contributed by atoms with Crippen molar-refractivity contribution in [1.29, 1.82) is 0 Å². The van der Waals surface area contributed by atoms with Crippen molar-refractivity contribution in [3.05, 3.63) is 30.1 Å². The van der Waals surface area contributed by atoms with Gasteiger partial charge in [0.15, 0.2) is 0 Å². The van der Waals surface area contributed by atoms with Gasteiger partial charge in [0.1, 0.15) is 6.04 Å². The molecule has 0 radical (unpaired) electrons. The summed E-state index contributed by atoms with van der Waals surface area (Å²) in [6.07, 6.45) is 3.45. The number of carboxylic acid groups (broad SMARTS) is 1. The van der Waals surface area contributed by atoms with Gasteiger partial charge in [0.05, 0.1) is 0 Å². The van der Waals surface area contributed by atoms with Crippen LogP contribution in [0.5, 0.6) is 0 Å². The number of hydrogen-bond acceptors (Lipinski definition) is 4. The number of carboxylic acids is 1. The summed E-state index contributed by atoms with van der Waals surface area (Å²) in [5.41, 5.74) is 12.0. The van der Waals surface area contributed by atoms with E-state index in [1.54, 1.807) is 24.5 Å². The molecule has 0 saturated heterocycles. The molecule has 1 heterocycles. The van der Waals surface area contributed by atoms with Crippen molar-refractivity contribution in [2.24, 2.45) is 11.5 Å². The molecule has 0 saturated carbocycles. The molecule has 1 aromatic heterocycles. The summed E-state index contributed by atoms with van der Waals surface area (Å²) >= 11 is 0. The Morgan fingerprint density at radius 3 is 2.50 bits per heavy atom. The monoisotopic (exact) mass is 195 g/mol. The van der Waals surface area contributed by atoms with Crippen molar-refractivity contribution in [3.63, 3.8) is 0 Å². The Labute approximate surface area is 81.7 Å². The van der Waals surface area contributed by atoms with E-state index < -0.39 is 12.0 Å². The second-order valence-corrected chi connectivity index (χ2v) is 3.07. The molecule has 14 heavy (non-hydrogen) atoms. The molecule has 0 aromatic carbocycles. The standard InChI is InChI=1S/C9H13N3O2/c10-7(5-8(11)9(13)14)6-1-3-12-4-2-6/h1-4,7-8H,5,10-11H2,(H,13,14). The van der Waals surface area contributed by atoms with E-state index in [2.05, 4.69) is 4.98 Å². The van der Waals surface area contributed by atoms with E-state index in [0.29, 0.717) is 0 Å². The molecule has 5 N–H and O–H groups in total. The van der Waals surface area contributed by atoms with Gasteiger partial charge in [-0.2, -0.15) is 0 Å². The van der Waals surface area contributed by atoms with Gasteiger partial charge in [-0.1, -0.05) is 0 Å². The second-order valence-electron chi connectivity index (χ2n) is 3.07. The average molecular weight is 195 g/mol. The highest BCUT2D eigenvalue weighted by Crippen LogP contribution is 2.13. The van der Waals surface area contributed by atoms with Crippen molar-refractivity contribution in [2.75, 3.05) is 0 Å². The van der Waals surface area contributed by atoms with Crippen LogP contribution in [0.15, 0.2) is 24.5 Å². The fourth-order valence-corrected chi connectivity index (χ4v) is 1.12. The highest BCUT2D eigenvalue weighted by Gasteiger charge is 2.16. The topological polar surface area (TPSA) is 102 Å². The second kappa shape index (κ2) is 4.69. The fraction of sp³-hybridized carbons (Fsp3) is 0.333. The lowest BCUT2D eigenvalue weighted by atomic mass is 10.0. The van der Waals surface area contributed by atoms with Gasteiger partial charge < -0.3 is 16.6 Å². The van der Waals surface area contributed by atoms with Crippen molar-refractivity contribution < 1.29 is 9.90 Å². The minimum atomic E-state index is -1.03. The molecule has 0 fully saturated rings. The lowest BCUT2D eigenvalue weighted by Gasteiger charge is -2.13. The Morgan fingerprint density at radius 2 is 2.00 bits per heavy atom. The number of aliphatic carboxylic acids is 1. The number of rotatable bonds is 4. The zero-order valence-electron chi connectivity index (χ0n) is 7.63. The maximum atomic E-state index is 10.5. The van der Waals surface area contributed by atoms with Gasteiger partial charge >= 0.3 is 5.97 Å². The number of hydrogen-bond donors (Lipinski definition) is 3. The first-order valence-electron chi connectivity index (χ1n) is 4.25. The number of aromatic nitrogens is 1. The number of nitrogens with two attached hydrogens (primary N) is 2. The van der Waals surface area contributed by atoms with Crippen LogP contribution in [-0.2, 0) is 4.79 Å². The predicted octanol–water partition coefficient (Wildman–Crippen LogP) is -0.117. The van der Waals surface area contributed by atoms with E-state index in [1.807, 2.05) is 0 Å². The molecule has 0 aliphatic carbocycles. The molecule has 2 atom stereocenters. The lowest BCUT2D eigenvalue weighted by molar-refractivity contribution is -0.138. The molecule has 5 heteroatoms.